The number of hydrogen-bond donors (Lipinski definition) is 1. The third-order valence-corrected chi connectivity index (χ3v) is 4.80. The summed E-state index contributed by atoms with van der Waals surface area (Å²) in [5.41, 5.74) is 1.77. The molecule has 1 aromatic carbocycles. The van der Waals surface area contributed by atoms with Crippen LogP contribution in [0.25, 0.3) is 11.0 Å². The van der Waals surface area contributed by atoms with Gasteiger partial charge >= 0.3 is 0 Å². The number of nitrogens with zero attached hydrogens (tertiary/aromatic N) is 1. The zero-order valence-corrected chi connectivity index (χ0v) is 14.0. The van der Waals surface area contributed by atoms with E-state index in [1.165, 1.54) is 0 Å². The molecular weight excluding hydrogens is 382 g/mol. The van der Waals surface area contributed by atoms with Crippen LogP contribution in [0.4, 0.5) is 4.39 Å². The first kappa shape index (κ1) is 14.3. The van der Waals surface area contributed by atoms with Crippen LogP contribution in [-0.4, -0.2) is 21.6 Å². The Balaban J connectivity index is 2.66. The van der Waals surface area contributed by atoms with Crippen LogP contribution in [0.5, 0.6) is 0 Å². The molecular formula is C12H14FIN2S2. The van der Waals surface area contributed by atoms with Crippen molar-refractivity contribution in [3.8, 4) is 0 Å². The van der Waals surface area contributed by atoms with Crippen molar-refractivity contribution in [2.24, 2.45) is 0 Å². The quantitative estimate of drug-likeness (QED) is 0.595. The molecule has 0 aliphatic carbocycles. The number of rotatable bonds is 4. The summed E-state index contributed by atoms with van der Waals surface area (Å²) in [5, 5.41) is 0. The van der Waals surface area contributed by atoms with E-state index in [9.17, 15) is 4.39 Å². The molecule has 2 rings (SSSR count). The van der Waals surface area contributed by atoms with Crippen molar-refractivity contribution >= 4 is 57.6 Å². The van der Waals surface area contributed by atoms with Gasteiger partial charge in [0.1, 0.15) is 5.82 Å². The maximum Gasteiger partial charge on any atom is 0.178 e. The van der Waals surface area contributed by atoms with Crippen LogP contribution in [0.3, 0.4) is 0 Å². The smallest absolute Gasteiger partial charge is 0.178 e. The predicted molar refractivity (Wildman–Crippen MR) is 87.5 cm³/mol. The largest absolute Gasteiger partial charge is 0.331 e. The lowest BCUT2D eigenvalue weighted by Crippen LogP contribution is -2.10. The fourth-order valence-electron chi connectivity index (χ4n) is 2.05. The molecule has 1 unspecified atom stereocenters. The first-order valence-corrected chi connectivity index (χ1v) is 8.54. The normalized spacial score (nSPS) is 13.1. The van der Waals surface area contributed by atoms with E-state index in [0.29, 0.717) is 14.4 Å². The van der Waals surface area contributed by atoms with Crippen LogP contribution >= 0.6 is 46.6 Å². The molecule has 1 N–H and O–H groups in total. The van der Waals surface area contributed by atoms with E-state index in [1.54, 1.807) is 17.8 Å². The van der Waals surface area contributed by atoms with Gasteiger partial charge in [-0.05, 0) is 53.6 Å². The first-order chi connectivity index (χ1) is 8.58. The van der Waals surface area contributed by atoms with Crippen molar-refractivity contribution in [2.45, 2.75) is 19.4 Å². The van der Waals surface area contributed by atoms with Gasteiger partial charge in [0.25, 0.3) is 0 Å². The van der Waals surface area contributed by atoms with Gasteiger partial charge < -0.3 is 9.55 Å². The van der Waals surface area contributed by atoms with Crippen molar-refractivity contribution in [1.29, 1.82) is 0 Å². The summed E-state index contributed by atoms with van der Waals surface area (Å²) in [6, 6.07) is 3.69. The maximum absolute atomic E-state index is 13.7. The SMILES string of the molecule is CCC(CSC)n1c(=S)[nH]c2cc(I)c(F)cc21. The zero-order chi connectivity index (χ0) is 13.3. The van der Waals surface area contributed by atoms with Gasteiger partial charge in [-0.2, -0.15) is 11.8 Å². The van der Waals surface area contributed by atoms with Gasteiger partial charge in [0.2, 0.25) is 0 Å². The van der Waals surface area contributed by atoms with Crippen molar-refractivity contribution < 1.29 is 4.39 Å². The molecule has 0 amide bonds. The lowest BCUT2D eigenvalue weighted by atomic mass is 10.2. The van der Waals surface area contributed by atoms with Crippen molar-refractivity contribution in [1.82, 2.24) is 9.55 Å². The summed E-state index contributed by atoms with van der Waals surface area (Å²) in [6.45, 7) is 2.13. The number of thioether (sulfide) groups is 1. The van der Waals surface area contributed by atoms with Crippen LogP contribution < -0.4 is 0 Å². The number of nitrogens with one attached hydrogen (secondary N) is 1. The monoisotopic (exact) mass is 396 g/mol. The number of aromatic amines is 1. The lowest BCUT2D eigenvalue weighted by molar-refractivity contribution is 0.546. The van der Waals surface area contributed by atoms with Crippen molar-refractivity contribution in [3.63, 3.8) is 0 Å². The van der Waals surface area contributed by atoms with E-state index in [4.69, 9.17) is 12.2 Å². The number of H-pyrrole nitrogens is 1. The molecule has 0 bridgehead atoms. The Kier molecular flexibility index (Phi) is 4.71. The van der Waals surface area contributed by atoms with E-state index >= 15 is 0 Å². The molecule has 0 radical (unpaired) electrons. The standard InChI is InChI=1S/C12H14FIN2S2/c1-3-7(6-18-2)16-11-4-8(13)9(14)5-10(11)15-12(16)17/h4-5,7H,3,6H2,1-2H3,(H,15,17). The molecule has 0 saturated carbocycles. The Morgan fingerprint density at radius 3 is 2.89 bits per heavy atom. The maximum atomic E-state index is 13.7. The summed E-state index contributed by atoms with van der Waals surface area (Å²) < 4.78 is 17.0. The van der Waals surface area contributed by atoms with E-state index in [0.717, 1.165) is 23.2 Å². The fraction of sp³-hybridized carbons (Fsp3) is 0.417. The minimum absolute atomic E-state index is 0.190. The molecule has 0 saturated heterocycles. The number of aromatic nitrogens is 2. The second-order valence-corrected chi connectivity index (χ2v) is 6.56. The third-order valence-electron chi connectivity index (χ3n) is 2.95. The Morgan fingerprint density at radius 2 is 2.28 bits per heavy atom. The number of halogens is 2. The second kappa shape index (κ2) is 5.92. The van der Waals surface area contributed by atoms with Gasteiger partial charge in [-0.25, -0.2) is 4.39 Å². The van der Waals surface area contributed by atoms with Gasteiger partial charge in [-0.15, -0.1) is 0 Å². The van der Waals surface area contributed by atoms with Crippen LogP contribution in [0.1, 0.15) is 19.4 Å². The molecule has 1 aromatic heterocycles. The molecule has 1 heterocycles. The summed E-state index contributed by atoms with van der Waals surface area (Å²) in [7, 11) is 0. The number of imidazole rings is 1. The van der Waals surface area contributed by atoms with Gasteiger partial charge in [-0.3, -0.25) is 0 Å². The average molecular weight is 396 g/mol. The number of hydrogen-bond acceptors (Lipinski definition) is 2. The van der Waals surface area contributed by atoms with Crippen LogP contribution in [-0.2, 0) is 0 Å². The van der Waals surface area contributed by atoms with Crippen molar-refractivity contribution in [3.05, 3.63) is 26.3 Å². The Bertz CT molecular complexity index is 620. The van der Waals surface area contributed by atoms with Gasteiger partial charge in [0.05, 0.1) is 14.6 Å². The molecule has 0 aliphatic heterocycles. The minimum atomic E-state index is -0.190. The number of benzene rings is 1. The summed E-state index contributed by atoms with van der Waals surface area (Å²) in [5.74, 6) is 0.788. The van der Waals surface area contributed by atoms with Gasteiger partial charge in [0, 0.05) is 17.9 Å². The van der Waals surface area contributed by atoms with E-state index in [-0.39, 0.29) is 5.82 Å². The van der Waals surface area contributed by atoms with E-state index < -0.39 is 0 Å². The molecule has 6 heteroatoms. The molecule has 2 aromatic rings. The molecule has 0 aliphatic rings. The highest BCUT2D eigenvalue weighted by Crippen LogP contribution is 2.26. The summed E-state index contributed by atoms with van der Waals surface area (Å²) >= 11 is 9.14. The molecule has 0 spiro atoms. The molecule has 98 valence electrons. The van der Waals surface area contributed by atoms with Crippen LogP contribution in [0, 0.1) is 14.2 Å². The highest BCUT2D eigenvalue weighted by Gasteiger charge is 2.15. The lowest BCUT2D eigenvalue weighted by Gasteiger charge is -2.16. The Hall–Kier alpha value is -0.0800. The highest BCUT2D eigenvalue weighted by atomic mass is 127. The Morgan fingerprint density at radius 1 is 1.56 bits per heavy atom. The van der Waals surface area contributed by atoms with Gasteiger partial charge in [0.15, 0.2) is 4.77 Å². The Labute approximate surface area is 128 Å². The number of fused-ring (bicyclic) bond motifs is 1. The van der Waals surface area contributed by atoms with Crippen LogP contribution in [0.2, 0.25) is 0 Å². The van der Waals surface area contributed by atoms with Crippen LogP contribution in [0.15, 0.2) is 12.1 Å². The molecule has 2 nitrogen and oxygen atoms in total. The molecule has 18 heavy (non-hydrogen) atoms. The topological polar surface area (TPSA) is 20.7 Å². The predicted octanol–water partition coefficient (Wildman–Crippen LogP) is 4.76. The second-order valence-electron chi connectivity index (χ2n) is 4.10. The molecule has 1 atom stereocenters. The highest BCUT2D eigenvalue weighted by molar-refractivity contribution is 14.1. The summed E-state index contributed by atoms with van der Waals surface area (Å²) in [4.78, 5) is 3.17. The van der Waals surface area contributed by atoms with E-state index in [2.05, 4.69) is 18.2 Å². The first-order valence-electron chi connectivity index (χ1n) is 5.66. The average Bonchev–Trinajstić information content (AvgIpc) is 2.63. The molecule has 0 fully saturated rings. The minimum Gasteiger partial charge on any atom is -0.331 e. The van der Waals surface area contributed by atoms with E-state index in [1.807, 2.05) is 33.2 Å². The fourth-order valence-corrected chi connectivity index (χ4v) is 3.64. The summed E-state index contributed by atoms with van der Waals surface area (Å²) in [6.07, 6.45) is 3.06. The zero-order valence-electron chi connectivity index (χ0n) is 10.2. The van der Waals surface area contributed by atoms with Crippen molar-refractivity contribution in [2.75, 3.05) is 12.0 Å². The van der Waals surface area contributed by atoms with Gasteiger partial charge in [-0.1, -0.05) is 6.92 Å². The third kappa shape index (κ3) is 2.60.